The Morgan fingerprint density at radius 2 is 1.92 bits per heavy atom. The van der Waals surface area contributed by atoms with Crippen LogP contribution in [0.25, 0.3) is 0 Å². The first-order chi connectivity index (χ1) is 5.58. The summed E-state index contributed by atoms with van der Waals surface area (Å²) in [4.78, 5) is 0. The van der Waals surface area contributed by atoms with Crippen LogP contribution in [-0.4, -0.2) is 5.11 Å². The molecule has 0 aliphatic heterocycles. The zero-order chi connectivity index (χ0) is 9.19. The SMILES string of the molecule is CC[C@@](C)(O)c1ccccc1C. The summed E-state index contributed by atoms with van der Waals surface area (Å²) >= 11 is 0. The Kier molecular flexibility index (Phi) is 2.53. The van der Waals surface area contributed by atoms with Crippen molar-refractivity contribution < 1.29 is 5.11 Å². The molecule has 0 unspecified atom stereocenters. The molecule has 1 heteroatoms. The Morgan fingerprint density at radius 1 is 1.33 bits per heavy atom. The van der Waals surface area contributed by atoms with E-state index in [1.807, 2.05) is 45.0 Å². The van der Waals surface area contributed by atoms with E-state index in [4.69, 9.17) is 0 Å². The number of rotatable bonds is 2. The Bertz CT molecular complexity index is 263. The Morgan fingerprint density at radius 3 is 2.42 bits per heavy atom. The van der Waals surface area contributed by atoms with Gasteiger partial charge in [-0.1, -0.05) is 31.2 Å². The van der Waals surface area contributed by atoms with Crippen molar-refractivity contribution in [1.82, 2.24) is 0 Å². The second-order valence-corrected chi connectivity index (χ2v) is 3.44. The fourth-order valence-electron chi connectivity index (χ4n) is 1.37. The molecule has 0 fully saturated rings. The van der Waals surface area contributed by atoms with Crippen LogP contribution in [0.15, 0.2) is 24.3 Å². The van der Waals surface area contributed by atoms with Gasteiger partial charge >= 0.3 is 0 Å². The first kappa shape index (κ1) is 9.27. The number of aryl methyl sites for hydroxylation is 1. The van der Waals surface area contributed by atoms with Gasteiger partial charge in [-0.25, -0.2) is 0 Å². The lowest BCUT2D eigenvalue weighted by molar-refractivity contribution is 0.0524. The van der Waals surface area contributed by atoms with E-state index in [9.17, 15) is 5.11 Å². The predicted octanol–water partition coefficient (Wildman–Crippen LogP) is 2.61. The van der Waals surface area contributed by atoms with Crippen LogP contribution in [0.3, 0.4) is 0 Å². The summed E-state index contributed by atoms with van der Waals surface area (Å²) < 4.78 is 0. The van der Waals surface area contributed by atoms with Crippen LogP contribution in [0.2, 0.25) is 0 Å². The number of benzene rings is 1. The molecule has 1 nitrogen and oxygen atoms in total. The van der Waals surface area contributed by atoms with Gasteiger partial charge in [0.15, 0.2) is 0 Å². The van der Waals surface area contributed by atoms with E-state index in [2.05, 4.69) is 0 Å². The van der Waals surface area contributed by atoms with E-state index in [0.717, 1.165) is 17.5 Å². The summed E-state index contributed by atoms with van der Waals surface area (Å²) in [7, 11) is 0. The standard InChI is InChI=1S/C11H16O/c1-4-11(3,12)10-8-6-5-7-9(10)2/h5-8,12H,4H2,1-3H3/t11-/m1/s1. The normalized spacial score (nSPS) is 15.7. The highest BCUT2D eigenvalue weighted by Crippen LogP contribution is 2.26. The van der Waals surface area contributed by atoms with Crippen molar-refractivity contribution >= 4 is 0 Å². The summed E-state index contributed by atoms with van der Waals surface area (Å²) in [6.07, 6.45) is 0.748. The third-order valence-corrected chi connectivity index (χ3v) is 2.41. The summed E-state index contributed by atoms with van der Waals surface area (Å²) in [6, 6.07) is 7.97. The molecule has 0 saturated carbocycles. The molecule has 0 bridgehead atoms. The highest BCUT2D eigenvalue weighted by Gasteiger charge is 2.21. The zero-order valence-electron chi connectivity index (χ0n) is 7.96. The summed E-state index contributed by atoms with van der Waals surface area (Å²) in [5.41, 5.74) is 1.52. The minimum atomic E-state index is -0.675. The molecule has 1 aromatic carbocycles. The molecule has 0 heterocycles. The van der Waals surface area contributed by atoms with E-state index in [0.29, 0.717) is 0 Å². The molecule has 0 aliphatic rings. The lowest BCUT2D eigenvalue weighted by Gasteiger charge is -2.23. The Labute approximate surface area is 74.1 Å². The van der Waals surface area contributed by atoms with Gasteiger partial charge < -0.3 is 5.11 Å². The van der Waals surface area contributed by atoms with E-state index >= 15 is 0 Å². The van der Waals surface area contributed by atoms with Gasteiger partial charge in [0, 0.05) is 0 Å². The van der Waals surface area contributed by atoms with Crippen molar-refractivity contribution in [3.63, 3.8) is 0 Å². The predicted molar refractivity (Wildman–Crippen MR) is 51.0 cm³/mol. The lowest BCUT2D eigenvalue weighted by atomic mass is 9.90. The van der Waals surface area contributed by atoms with Crippen LogP contribution in [-0.2, 0) is 5.60 Å². The molecule has 1 N–H and O–H groups in total. The minimum Gasteiger partial charge on any atom is -0.385 e. The fraction of sp³-hybridized carbons (Fsp3) is 0.455. The van der Waals surface area contributed by atoms with E-state index in [-0.39, 0.29) is 0 Å². The average Bonchev–Trinajstić information content (AvgIpc) is 2.05. The first-order valence-corrected chi connectivity index (χ1v) is 4.36. The Hall–Kier alpha value is -0.820. The maximum Gasteiger partial charge on any atom is 0.0868 e. The molecular weight excluding hydrogens is 148 g/mol. The van der Waals surface area contributed by atoms with Crippen molar-refractivity contribution in [1.29, 1.82) is 0 Å². The highest BCUT2D eigenvalue weighted by atomic mass is 16.3. The van der Waals surface area contributed by atoms with Gasteiger partial charge in [-0.3, -0.25) is 0 Å². The van der Waals surface area contributed by atoms with Gasteiger partial charge in [0.1, 0.15) is 0 Å². The van der Waals surface area contributed by atoms with Crippen LogP contribution < -0.4 is 0 Å². The number of aliphatic hydroxyl groups is 1. The summed E-state index contributed by atoms with van der Waals surface area (Å²) in [6.45, 7) is 5.88. The largest absolute Gasteiger partial charge is 0.385 e. The first-order valence-electron chi connectivity index (χ1n) is 4.36. The molecule has 0 saturated heterocycles. The monoisotopic (exact) mass is 164 g/mol. The van der Waals surface area contributed by atoms with Crippen molar-refractivity contribution in [2.24, 2.45) is 0 Å². The van der Waals surface area contributed by atoms with Gasteiger partial charge in [-0.15, -0.1) is 0 Å². The maximum atomic E-state index is 9.98. The molecule has 12 heavy (non-hydrogen) atoms. The molecule has 0 radical (unpaired) electrons. The Balaban J connectivity index is 3.10. The van der Waals surface area contributed by atoms with Crippen LogP contribution in [0.5, 0.6) is 0 Å². The van der Waals surface area contributed by atoms with Gasteiger partial charge in [0.2, 0.25) is 0 Å². The smallest absolute Gasteiger partial charge is 0.0868 e. The topological polar surface area (TPSA) is 20.2 Å². The molecule has 0 aromatic heterocycles. The van der Waals surface area contributed by atoms with Gasteiger partial charge in [-0.2, -0.15) is 0 Å². The van der Waals surface area contributed by atoms with Crippen LogP contribution in [0.4, 0.5) is 0 Å². The van der Waals surface area contributed by atoms with Gasteiger partial charge in [0.25, 0.3) is 0 Å². The van der Waals surface area contributed by atoms with Gasteiger partial charge in [0.05, 0.1) is 5.60 Å². The summed E-state index contributed by atoms with van der Waals surface area (Å²) in [5.74, 6) is 0. The van der Waals surface area contributed by atoms with Crippen molar-refractivity contribution in [2.75, 3.05) is 0 Å². The van der Waals surface area contributed by atoms with Crippen LogP contribution >= 0.6 is 0 Å². The third kappa shape index (κ3) is 1.67. The van der Waals surface area contributed by atoms with E-state index in [1.165, 1.54) is 0 Å². The summed E-state index contributed by atoms with van der Waals surface area (Å²) in [5, 5.41) is 9.98. The second kappa shape index (κ2) is 3.28. The quantitative estimate of drug-likeness (QED) is 0.712. The van der Waals surface area contributed by atoms with Crippen molar-refractivity contribution in [3.05, 3.63) is 35.4 Å². The molecule has 1 rings (SSSR count). The molecule has 1 atom stereocenters. The number of hydrogen-bond donors (Lipinski definition) is 1. The van der Waals surface area contributed by atoms with Crippen molar-refractivity contribution in [3.8, 4) is 0 Å². The third-order valence-electron chi connectivity index (χ3n) is 2.41. The molecule has 66 valence electrons. The molecular formula is C11H16O. The van der Waals surface area contributed by atoms with Crippen molar-refractivity contribution in [2.45, 2.75) is 32.8 Å². The fourth-order valence-corrected chi connectivity index (χ4v) is 1.37. The van der Waals surface area contributed by atoms with Crippen LogP contribution in [0.1, 0.15) is 31.4 Å². The van der Waals surface area contributed by atoms with E-state index < -0.39 is 5.60 Å². The van der Waals surface area contributed by atoms with Gasteiger partial charge in [-0.05, 0) is 31.4 Å². The highest BCUT2D eigenvalue weighted by molar-refractivity contribution is 5.30. The van der Waals surface area contributed by atoms with Crippen LogP contribution in [0, 0.1) is 6.92 Å². The number of hydrogen-bond acceptors (Lipinski definition) is 1. The zero-order valence-corrected chi connectivity index (χ0v) is 7.96. The lowest BCUT2D eigenvalue weighted by Crippen LogP contribution is -2.20. The molecule has 1 aromatic rings. The average molecular weight is 164 g/mol. The minimum absolute atomic E-state index is 0.675. The second-order valence-electron chi connectivity index (χ2n) is 3.44. The molecule has 0 amide bonds. The molecule has 0 spiro atoms. The molecule has 0 aliphatic carbocycles. The maximum absolute atomic E-state index is 9.98. The van der Waals surface area contributed by atoms with E-state index in [1.54, 1.807) is 0 Å².